The van der Waals surface area contributed by atoms with Crippen molar-refractivity contribution in [1.82, 2.24) is 0 Å². The van der Waals surface area contributed by atoms with Crippen LogP contribution in [0.2, 0.25) is 0 Å². The standard InChI is InChI=1S/C23H23NO2/c1-2-16-11-13-18(14-12-16)24-20-9-6-10-21(25)23(20)19(15-22(24)26)17-7-4-3-5-8-17/h3-5,7-8,11-14,19H,2,6,9-10,15H2,1H3. The molecule has 26 heavy (non-hydrogen) atoms. The predicted molar refractivity (Wildman–Crippen MR) is 103 cm³/mol. The summed E-state index contributed by atoms with van der Waals surface area (Å²) in [5.74, 6) is 0.164. The Morgan fingerprint density at radius 3 is 2.38 bits per heavy atom. The molecule has 3 heteroatoms. The fraction of sp³-hybridized carbons (Fsp3) is 0.304. The van der Waals surface area contributed by atoms with Crippen LogP contribution in [0.4, 0.5) is 5.69 Å². The zero-order valence-corrected chi connectivity index (χ0v) is 15.1. The first-order chi connectivity index (χ1) is 12.7. The van der Waals surface area contributed by atoms with Gasteiger partial charge in [0.1, 0.15) is 0 Å². The number of hydrogen-bond acceptors (Lipinski definition) is 2. The van der Waals surface area contributed by atoms with Crippen molar-refractivity contribution in [2.75, 3.05) is 4.90 Å². The number of ketones is 1. The number of allylic oxidation sites excluding steroid dienone is 2. The molecule has 4 rings (SSSR count). The molecule has 1 aliphatic carbocycles. The van der Waals surface area contributed by atoms with Crippen LogP contribution in [0.5, 0.6) is 0 Å². The second kappa shape index (κ2) is 6.91. The molecule has 3 nitrogen and oxygen atoms in total. The monoisotopic (exact) mass is 345 g/mol. The van der Waals surface area contributed by atoms with Crippen molar-refractivity contribution in [3.63, 3.8) is 0 Å². The van der Waals surface area contributed by atoms with Crippen molar-refractivity contribution in [2.45, 2.75) is 44.9 Å². The van der Waals surface area contributed by atoms with Crippen LogP contribution in [0.1, 0.15) is 49.7 Å². The Hall–Kier alpha value is -2.68. The van der Waals surface area contributed by atoms with E-state index in [4.69, 9.17) is 0 Å². The molecule has 1 heterocycles. The van der Waals surface area contributed by atoms with Gasteiger partial charge in [0.05, 0.1) is 0 Å². The van der Waals surface area contributed by atoms with E-state index in [1.54, 1.807) is 4.90 Å². The van der Waals surface area contributed by atoms with E-state index in [9.17, 15) is 9.59 Å². The predicted octanol–water partition coefficient (Wildman–Crippen LogP) is 4.78. The molecular formula is C23H23NO2. The number of rotatable bonds is 3. The highest BCUT2D eigenvalue weighted by Crippen LogP contribution is 2.43. The van der Waals surface area contributed by atoms with Crippen LogP contribution in [0.15, 0.2) is 65.9 Å². The molecule has 2 aromatic carbocycles. The van der Waals surface area contributed by atoms with E-state index >= 15 is 0 Å². The lowest BCUT2D eigenvalue weighted by atomic mass is 9.77. The van der Waals surface area contributed by atoms with E-state index in [1.165, 1.54) is 5.56 Å². The number of aryl methyl sites for hydroxylation is 1. The number of benzene rings is 2. The maximum Gasteiger partial charge on any atom is 0.232 e. The zero-order valence-electron chi connectivity index (χ0n) is 15.1. The molecule has 2 aliphatic rings. The minimum absolute atomic E-state index is 0.0801. The minimum Gasteiger partial charge on any atom is -0.294 e. The zero-order chi connectivity index (χ0) is 18.1. The number of amides is 1. The number of nitrogens with zero attached hydrogens (tertiary/aromatic N) is 1. The van der Waals surface area contributed by atoms with Crippen LogP contribution >= 0.6 is 0 Å². The maximum atomic E-state index is 13.1. The fourth-order valence-electron chi connectivity index (χ4n) is 4.14. The SMILES string of the molecule is CCc1ccc(N2C(=O)CC(c3ccccc3)C3=C2CCCC3=O)cc1. The molecule has 0 saturated heterocycles. The van der Waals surface area contributed by atoms with Crippen molar-refractivity contribution < 1.29 is 9.59 Å². The van der Waals surface area contributed by atoms with Gasteiger partial charge in [0, 0.05) is 35.7 Å². The Balaban J connectivity index is 1.82. The molecule has 2 aromatic rings. The summed E-state index contributed by atoms with van der Waals surface area (Å²) in [7, 11) is 0. The number of carbonyl (C=O) groups is 2. The molecule has 132 valence electrons. The van der Waals surface area contributed by atoms with Gasteiger partial charge in [-0.2, -0.15) is 0 Å². The summed E-state index contributed by atoms with van der Waals surface area (Å²) in [6, 6.07) is 18.1. The smallest absolute Gasteiger partial charge is 0.232 e. The lowest BCUT2D eigenvalue weighted by molar-refractivity contribution is -0.119. The van der Waals surface area contributed by atoms with E-state index in [2.05, 4.69) is 19.1 Å². The maximum absolute atomic E-state index is 13.1. The second-order valence-corrected chi connectivity index (χ2v) is 7.05. The van der Waals surface area contributed by atoms with Crippen molar-refractivity contribution in [1.29, 1.82) is 0 Å². The van der Waals surface area contributed by atoms with Gasteiger partial charge in [0.2, 0.25) is 5.91 Å². The number of carbonyl (C=O) groups excluding carboxylic acids is 2. The first-order valence-electron chi connectivity index (χ1n) is 9.42. The molecule has 0 aromatic heterocycles. The van der Waals surface area contributed by atoms with Crippen LogP contribution in [0.3, 0.4) is 0 Å². The third kappa shape index (κ3) is 2.88. The van der Waals surface area contributed by atoms with Crippen molar-refractivity contribution in [3.05, 3.63) is 77.0 Å². The second-order valence-electron chi connectivity index (χ2n) is 7.05. The Morgan fingerprint density at radius 1 is 0.962 bits per heavy atom. The lowest BCUT2D eigenvalue weighted by Crippen LogP contribution is -2.40. The number of anilines is 1. The molecule has 1 aliphatic heterocycles. The van der Waals surface area contributed by atoms with Crippen LogP contribution < -0.4 is 4.90 Å². The molecule has 0 radical (unpaired) electrons. The minimum atomic E-state index is -0.113. The van der Waals surface area contributed by atoms with E-state index in [0.29, 0.717) is 12.8 Å². The van der Waals surface area contributed by atoms with Gasteiger partial charge in [-0.25, -0.2) is 0 Å². The normalized spacial score (nSPS) is 20.3. The Bertz CT molecular complexity index is 865. The Morgan fingerprint density at radius 2 is 1.69 bits per heavy atom. The van der Waals surface area contributed by atoms with E-state index in [-0.39, 0.29) is 17.6 Å². The first-order valence-corrected chi connectivity index (χ1v) is 9.42. The summed E-state index contributed by atoms with van der Waals surface area (Å²) in [6.45, 7) is 2.12. The molecule has 0 N–H and O–H groups in total. The van der Waals surface area contributed by atoms with Gasteiger partial charge in [0.15, 0.2) is 5.78 Å². The summed E-state index contributed by atoms with van der Waals surface area (Å²) in [4.78, 5) is 27.7. The van der Waals surface area contributed by atoms with Crippen LogP contribution in [0, 0.1) is 0 Å². The van der Waals surface area contributed by atoms with E-state index in [0.717, 1.165) is 41.8 Å². The quantitative estimate of drug-likeness (QED) is 0.803. The lowest BCUT2D eigenvalue weighted by Gasteiger charge is -2.38. The number of hydrogen-bond donors (Lipinski definition) is 0. The van der Waals surface area contributed by atoms with Gasteiger partial charge >= 0.3 is 0 Å². The summed E-state index contributed by atoms with van der Waals surface area (Å²) < 4.78 is 0. The van der Waals surface area contributed by atoms with Crippen molar-refractivity contribution >= 4 is 17.4 Å². The van der Waals surface area contributed by atoms with Gasteiger partial charge in [-0.1, -0.05) is 49.4 Å². The van der Waals surface area contributed by atoms with Gasteiger partial charge in [-0.05, 0) is 42.5 Å². The molecule has 1 amide bonds. The van der Waals surface area contributed by atoms with E-state index < -0.39 is 0 Å². The molecule has 1 atom stereocenters. The van der Waals surface area contributed by atoms with Gasteiger partial charge in [-0.3, -0.25) is 14.5 Å². The van der Waals surface area contributed by atoms with Crippen molar-refractivity contribution in [3.8, 4) is 0 Å². The topological polar surface area (TPSA) is 37.4 Å². The van der Waals surface area contributed by atoms with Crippen LogP contribution in [-0.4, -0.2) is 11.7 Å². The molecule has 1 unspecified atom stereocenters. The van der Waals surface area contributed by atoms with Crippen molar-refractivity contribution in [2.24, 2.45) is 0 Å². The highest BCUT2D eigenvalue weighted by atomic mass is 16.2. The summed E-state index contributed by atoms with van der Waals surface area (Å²) in [5, 5.41) is 0. The summed E-state index contributed by atoms with van der Waals surface area (Å²) in [6.07, 6.45) is 3.50. The fourth-order valence-corrected chi connectivity index (χ4v) is 4.14. The average Bonchev–Trinajstić information content (AvgIpc) is 2.68. The number of Topliss-reactive ketones (excluding diaryl/α,β-unsaturated/α-hetero) is 1. The van der Waals surface area contributed by atoms with Gasteiger partial charge < -0.3 is 0 Å². The Kier molecular flexibility index (Phi) is 4.46. The molecule has 0 spiro atoms. The average molecular weight is 345 g/mol. The molecular weight excluding hydrogens is 322 g/mol. The largest absolute Gasteiger partial charge is 0.294 e. The first kappa shape index (κ1) is 16.8. The Labute approximate surface area is 154 Å². The third-order valence-electron chi connectivity index (χ3n) is 5.48. The highest BCUT2D eigenvalue weighted by Gasteiger charge is 2.39. The summed E-state index contributed by atoms with van der Waals surface area (Å²) >= 11 is 0. The summed E-state index contributed by atoms with van der Waals surface area (Å²) in [5.41, 5.74) is 4.94. The molecule has 0 fully saturated rings. The molecule has 0 saturated carbocycles. The van der Waals surface area contributed by atoms with Gasteiger partial charge in [0.25, 0.3) is 0 Å². The van der Waals surface area contributed by atoms with E-state index in [1.807, 2.05) is 42.5 Å². The highest BCUT2D eigenvalue weighted by molar-refractivity contribution is 6.07. The molecule has 0 bridgehead atoms. The van der Waals surface area contributed by atoms with Crippen LogP contribution in [0.25, 0.3) is 0 Å². The third-order valence-corrected chi connectivity index (χ3v) is 5.48. The van der Waals surface area contributed by atoms with Gasteiger partial charge in [-0.15, -0.1) is 0 Å². The van der Waals surface area contributed by atoms with Crippen LogP contribution in [-0.2, 0) is 16.0 Å².